The van der Waals surface area contributed by atoms with Gasteiger partial charge in [0.1, 0.15) is 12.7 Å². The van der Waals surface area contributed by atoms with Gasteiger partial charge in [-0.25, -0.2) is 4.98 Å². The summed E-state index contributed by atoms with van der Waals surface area (Å²) in [6, 6.07) is 0.264. The molecule has 0 fully saturated rings. The highest BCUT2D eigenvalue weighted by molar-refractivity contribution is 4.88. The third kappa shape index (κ3) is 1.49. The lowest BCUT2D eigenvalue weighted by Crippen LogP contribution is -1.88. The number of ether oxygens (including phenoxy) is 1. The van der Waals surface area contributed by atoms with E-state index < -0.39 is 0 Å². The Balaban J connectivity index is 2.72. The highest BCUT2D eigenvalue weighted by Crippen LogP contribution is 1.93. The molecule has 0 radical (unpaired) electrons. The van der Waals surface area contributed by atoms with Crippen LogP contribution in [-0.2, 0) is 0 Å². The standard InChI is InChI=1S/C5H5N3O/c1-2-9-5-7-3-6-4-8-5/h2-4H,1H2. The molecule has 0 atom stereocenters. The maximum atomic E-state index is 4.71. The Bertz CT molecular complexity index is 187. The lowest BCUT2D eigenvalue weighted by Gasteiger charge is -1.91. The predicted molar refractivity (Wildman–Crippen MR) is 30.7 cm³/mol. The number of aromatic nitrogens is 3. The Kier molecular flexibility index (Phi) is 1.74. The van der Waals surface area contributed by atoms with Crippen LogP contribution in [0.4, 0.5) is 0 Å². The number of nitrogens with zero attached hydrogens (tertiary/aromatic N) is 3. The van der Waals surface area contributed by atoms with Gasteiger partial charge in [0.2, 0.25) is 0 Å². The third-order valence-corrected chi connectivity index (χ3v) is 0.658. The van der Waals surface area contributed by atoms with E-state index >= 15 is 0 Å². The van der Waals surface area contributed by atoms with Gasteiger partial charge in [-0.05, 0) is 0 Å². The molecule has 0 aliphatic carbocycles. The lowest BCUT2D eigenvalue weighted by atomic mass is 11.0. The average molecular weight is 123 g/mol. The van der Waals surface area contributed by atoms with Gasteiger partial charge in [0.25, 0.3) is 0 Å². The lowest BCUT2D eigenvalue weighted by molar-refractivity contribution is 0.439. The molecule has 4 nitrogen and oxygen atoms in total. The van der Waals surface area contributed by atoms with E-state index in [1.54, 1.807) is 0 Å². The molecule has 0 spiro atoms. The first-order valence-corrected chi connectivity index (χ1v) is 2.33. The van der Waals surface area contributed by atoms with Crippen LogP contribution in [-0.4, -0.2) is 15.0 Å². The summed E-state index contributed by atoms with van der Waals surface area (Å²) < 4.78 is 4.71. The zero-order valence-corrected chi connectivity index (χ0v) is 4.69. The van der Waals surface area contributed by atoms with Gasteiger partial charge in [-0.3, -0.25) is 0 Å². The molecule has 1 heterocycles. The molecule has 46 valence electrons. The van der Waals surface area contributed by atoms with E-state index in [0.717, 1.165) is 0 Å². The molecule has 0 aromatic carbocycles. The first kappa shape index (κ1) is 5.68. The third-order valence-electron chi connectivity index (χ3n) is 0.658. The smallest absolute Gasteiger partial charge is 0.324 e. The van der Waals surface area contributed by atoms with Crippen LogP contribution in [0.1, 0.15) is 0 Å². The van der Waals surface area contributed by atoms with Crippen LogP contribution in [0.25, 0.3) is 0 Å². The Labute approximate surface area is 52.2 Å². The van der Waals surface area contributed by atoms with Crippen LogP contribution >= 0.6 is 0 Å². The molecule has 0 saturated heterocycles. The maximum Gasteiger partial charge on any atom is 0.324 e. The zero-order chi connectivity index (χ0) is 6.53. The molecule has 0 amide bonds. The summed E-state index contributed by atoms with van der Waals surface area (Å²) >= 11 is 0. The fourth-order valence-electron chi connectivity index (χ4n) is 0.364. The molecule has 0 aliphatic heterocycles. The Morgan fingerprint density at radius 3 is 2.67 bits per heavy atom. The molecular formula is C5H5N3O. The topological polar surface area (TPSA) is 47.9 Å². The van der Waals surface area contributed by atoms with Crippen molar-refractivity contribution in [3.63, 3.8) is 0 Å². The first-order chi connectivity index (χ1) is 4.43. The minimum Gasteiger partial charge on any atom is -0.433 e. The minimum atomic E-state index is 0.264. The highest BCUT2D eigenvalue weighted by atomic mass is 16.5. The molecule has 1 aromatic rings. The van der Waals surface area contributed by atoms with E-state index in [1.165, 1.54) is 18.9 Å². The normalized spacial score (nSPS) is 8.44. The van der Waals surface area contributed by atoms with Crippen LogP contribution in [0.2, 0.25) is 0 Å². The summed E-state index contributed by atoms with van der Waals surface area (Å²) in [4.78, 5) is 10.9. The number of rotatable bonds is 2. The van der Waals surface area contributed by atoms with Crippen molar-refractivity contribution in [3.05, 3.63) is 25.5 Å². The molecule has 4 heteroatoms. The second-order valence-electron chi connectivity index (χ2n) is 1.21. The molecule has 0 unspecified atom stereocenters. The van der Waals surface area contributed by atoms with Crippen LogP contribution in [0.3, 0.4) is 0 Å². The molecule has 0 saturated carbocycles. The van der Waals surface area contributed by atoms with Gasteiger partial charge in [-0.1, -0.05) is 6.58 Å². The van der Waals surface area contributed by atoms with E-state index in [2.05, 4.69) is 21.5 Å². The van der Waals surface area contributed by atoms with Gasteiger partial charge in [-0.2, -0.15) is 9.97 Å². The Morgan fingerprint density at radius 2 is 2.11 bits per heavy atom. The molecule has 1 aromatic heterocycles. The average Bonchev–Trinajstić information content (AvgIpc) is 1.91. The minimum absolute atomic E-state index is 0.264. The number of hydrogen-bond donors (Lipinski definition) is 0. The summed E-state index contributed by atoms with van der Waals surface area (Å²) in [7, 11) is 0. The van der Waals surface area contributed by atoms with Crippen molar-refractivity contribution in [2.45, 2.75) is 0 Å². The molecular weight excluding hydrogens is 118 g/mol. The van der Waals surface area contributed by atoms with Crippen LogP contribution in [0, 0.1) is 0 Å². The van der Waals surface area contributed by atoms with Gasteiger partial charge >= 0.3 is 6.01 Å². The maximum absolute atomic E-state index is 4.71. The highest BCUT2D eigenvalue weighted by Gasteiger charge is 1.87. The van der Waals surface area contributed by atoms with Crippen LogP contribution in [0.5, 0.6) is 6.01 Å². The van der Waals surface area contributed by atoms with E-state index in [1.807, 2.05) is 0 Å². The molecule has 1 rings (SSSR count). The van der Waals surface area contributed by atoms with Gasteiger partial charge in [0.05, 0.1) is 6.26 Å². The summed E-state index contributed by atoms with van der Waals surface area (Å²) in [5.74, 6) is 0. The fraction of sp³-hybridized carbons (Fsp3) is 0. The largest absolute Gasteiger partial charge is 0.433 e. The monoisotopic (exact) mass is 123 g/mol. The summed E-state index contributed by atoms with van der Waals surface area (Å²) in [5.41, 5.74) is 0. The molecule has 0 aliphatic rings. The second-order valence-corrected chi connectivity index (χ2v) is 1.21. The SMILES string of the molecule is C=COc1ncncn1. The fourth-order valence-corrected chi connectivity index (χ4v) is 0.364. The van der Waals surface area contributed by atoms with E-state index in [-0.39, 0.29) is 6.01 Å². The predicted octanol–water partition coefficient (Wildman–Crippen LogP) is 0.394. The Morgan fingerprint density at radius 1 is 1.44 bits per heavy atom. The van der Waals surface area contributed by atoms with Gasteiger partial charge in [0, 0.05) is 0 Å². The summed E-state index contributed by atoms with van der Waals surface area (Å²) in [5, 5.41) is 0. The van der Waals surface area contributed by atoms with Crippen molar-refractivity contribution >= 4 is 0 Å². The quantitative estimate of drug-likeness (QED) is 0.534. The number of hydrogen-bond acceptors (Lipinski definition) is 4. The second kappa shape index (κ2) is 2.76. The van der Waals surface area contributed by atoms with Crippen molar-refractivity contribution in [1.82, 2.24) is 15.0 Å². The van der Waals surface area contributed by atoms with Crippen molar-refractivity contribution < 1.29 is 4.74 Å². The first-order valence-electron chi connectivity index (χ1n) is 2.33. The van der Waals surface area contributed by atoms with E-state index in [9.17, 15) is 0 Å². The van der Waals surface area contributed by atoms with E-state index in [4.69, 9.17) is 4.74 Å². The molecule has 9 heavy (non-hydrogen) atoms. The van der Waals surface area contributed by atoms with Crippen molar-refractivity contribution in [2.24, 2.45) is 0 Å². The van der Waals surface area contributed by atoms with E-state index in [0.29, 0.717) is 0 Å². The van der Waals surface area contributed by atoms with Gasteiger partial charge in [-0.15, -0.1) is 0 Å². The molecule has 0 N–H and O–H groups in total. The summed E-state index contributed by atoms with van der Waals surface area (Å²) in [6.45, 7) is 3.33. The van der Waals surface area contributed by atoms with Crippen LogP contribution in [0.15, 0.2) is 25.5 Å². The Hall–Kier alpha value is -1.45. The van der Waals surface area contributed by atoms with Crippen molar-refractivity contribution in [2.75, 3.05) is 0 Å². The van der Waals surface area contributed by atoms with Crippen LogP contribution < -0.4 is 4.74 Å². The van der Waals surface area contributed by atoms with Gasteiger partial charge in [0.15, 0.2) is 0 Å². The summed E-state index contributed by atoms with van der Waals surface area (Å²) in [6.07, 6.45) is 3.97. The molecule has 0 bridgehead atoms. The zero-order valence-electron chi connectivity index (χ0n) is 4.69. The van der Waals surface area contributed by atoms with Gasteiger partial charge < -0.3 is 4.74 Å². The van der Waals surface area contributed by atoms with Crippen molar-refractivity contribution in [3.8, 4) is 6.01 Å². The van der Waals surface area contributed by atoms with Crippen molar-refractivity contribution in [1.29, 1.82) is 0 Å².